The molecule has 3 fully saturated rings. The molecule has 0 bridgehead atoms. The van der Waals surface area contributed by atoms with E-state index in [9.17, 15) is 4.79 Å². The lowest BCUT2D eigenvalue weighted by Gasteiger charge is -2.40. The number of hydrogen-bond donors (Lipinski definition) is 1. The van der Waals surface area contributed by atoms with E-state index in [1.165, 1.54) is 12.2 Å². The standard InChI is InChI=1S/C12H20N2O2S/c1-14-10(15)11(4-6-16-7-5-11)13-12(14)3-2-8-17-9-12/h13H,2-9H2,1H3. The van der Waals surface area contributed by atoms with Crippen LogP contribution in [0.1, 0.15) is 25.7 Å². The Morgan fingerprint density at radius 1 is 1.35 bits per heavy atom. The average molecular weight is 256 g/mol. The second-order valence-corrected chi connectivity index (χ2v) is 6.48. The minimum atomic E-state index is -0.328. The Kier molecular flexibility index (Phi) is 2.88. The van der Waals surface area contributed by atoms with Crippen molar-refractivity contribution < 1.29 is 9.53 Å². The molecule has 0 aliphatic carbocycles. The first-order valence-electron chi connectivity index (χ1n) is 6.42. The van der Waals surface area contributed by atoms with Crippen molar-refractivity contribution in [2.24, 2.45) is 0 Å². The molecule has 5 heteroatoms. The molecule has 0 radical (unpaired) electrons. The van der Waals surface area contributed by atoms with Crippen molar-refractivity contribution >= 4 is 17.7 Å². The van der Waals surface area contributed by atoms with Crippen molar-refractivity contribution in [2.45, 2.75) is 36.9 Å². The molecule has 0 aromatic carbocycles. The van der Waals surface area contributed by atoms with Gasteiger partial charge in [-0.15, -0.1) is 0 Å². The zero-order valence-corrected chi connectivity index (χ0v) is 11.1. The minimum absolute atomic E-state index is 0.0860. The predicted octanol–water partition coefficient (Wildman–Crippen LogP) is 0.820. The molecular weight excluding hydrogens is 236 g/mol. The molecule has 1 N–H and O–H groups in total. The average Bonchev–Trinajstić information content (AvgIpc) is 2.55. The molecule has 0 aromatic heterocycles. The molecule has 3 heterocycles. The number of ether oxygens (including phenoxy) is 1. The smallest absolute Gasteiger partial charge is 0.244 e. The SMILES string of the molecule is CN1C(=O)C2(CCOCC2)NC12CCCSC2. The number of rotatable bonds is 0. The molecule has 1 unspecified atom stereocenters. The van der Waals surface area contributed by atoms with E-state index in [4.69, 9.17) is 4.74 Å². The Bertz CT molecular complexity index is 322. The molecular formula is C12H20N2O2S. The number of nitrogens with zero attached hydrogens (tertiary/aromatic N) is 1. The third-order valence-corrected chi connectivity index (χ3v) is 5.65. The van der Waals surface area contributed by atoms with Crippen LogP contribution in [0.3, 0.4) is 0 Å². The van der Waals surface area contributed by atoms with Gasteiger partial charge < -0.3 is 9.64 Å². The van der Waals surface area contributed by atoms with Crippen molar-refractivity contribution in [2.75, 3.05) is 31.8 Å². The van der Waals surface area contributed by atoms with Gasteiger partial charge in [-0.1, -0.05) is 0 Å². The molecule has 0 saturated carbocycles. The normalized spacial score (nSPS) is 37.0. The molecule has 3 aliphatic rings. The summed E-state index contributed by atoms with van der Waals surface area (Å²) in [4.78, 5) is 14.5. The van der Waals surface area contributed by atoms with Crippen LogP contribution in [0.15, 0.2) is 0 Å². The highest BCUT2D eigenvalue weighted by Crippen LogP contribution is 2.40. The Morgan fingerprint density at radius 3 is 2.76 bits per heavy atom. The lowest BCUT2D eigenvalue weighted by atomic mass is 9.90. The molecule has 4 nitrogen and oxygen atoms in total. The largest absolute Gasteiger partial charge is 0.381 e. The summed E-state index contributed by atoms with van der Waals surface area (Å²) in [7, 11) is 1.96. The van der Waals surface area contributed by atoms with Crippen LogP contribution < -0.4 is 5.32 Å². The molecule has 0 aromatic rings. The van der Waals surface area contributed by atoms with Crippen molar-refractivity contribution in [3.8, 4) is 0 Å². The number of amides is 1. The first-order chi connectivity index (χ1) is 8.19. The number of carbonyl (C=O) groups is 1. The molecule has 96 valence electrons. The molecule has 1 amide bonds. The molecule has 3 saturated heterocycles. The van der Waals surface area contributed by atoms with Gasteiger partial charge in [0.2, 0.25) is 5.91 Å². The van der Waals surface area contributed by atoms with Crippen LogP contribution in [-0.4, -0.2) is 53.8 Å². The van der Waals surface area contributed by atoms with Gasteiger partial charge in [-0.05, 0) is 31.4 Å². The Hall–Kier alpha value is -0.260. The second kappa shape index (κ2) is 4.14. The Balaban J connectivity index is 1.87. The molecule has 1 atom stereocenters. The summed E-state index contributed by atoms with van der Waals surface area (Å²) in [5.41, 5.74) is -0.414. The Labute approximate surface area is 106 Å². The summed E-state index contributed by atoms with van der Waals surface area (Å²) < 4.78 is 5.40. The summed E-state index contributed by atoms with van der Waals surface area (Å²) in [5, 5.41) is 3.70. The topological polar surface area (TPSA) is 41.6 Å². The highest BCUT2D eigenvalue weighted by molar-refractivity contribution is 7.99. The van der Waals surface area contributed by atoms with E-state index in [0.29, 0.717) is 13.2 Å². The van der Waals surface area contributed by atoms with Gasteiger partial charge in [-0.25, -0.2) is 0 Å². The van der Waals surface area contributed by atoms with E-state index in [2.05, 4.69) is 5.32 Å². The van der Waals surface area contributed by atoms with E-state index >= 15 is 0 Å². The number of thioether (sulfide) groups is 1. The fourth-order valence-corrected chi connectivity index (χ4v) is 4.54. The van der Waals surface area contributed by atoms with Crippen molar-refractivity contribution in [3.05, 3.63) is 0 Å². The lowest BCUT2D eigenvalue weighted by molar-refractivity contribution is -0.135. The maximum absolute atomic E-state index is 12.6. The van der Waals surface area contributed by atoms with Gasteiger partial charge in [0.15, 0.2) is 0 Å². The van der Waals surface area contributed by atoms with E-state index in [1.807, 2.05) is 23.7 Å². The van der Waals surface area contributed by atoms with Gasteiger partial charge in [0.05, 0.1) is 0 Å². The second-order valence-electron chi connectivity index (χ2n) is 5.37. The number of carbonyl (C=O) groups excluding carboxylic acids is 1. The van der Waals surface area contributed by atoms with Crippen LogP contribution in [0.5, 0.6) is 0 Å². The summed E-state index contributed by atoms with van der Waals surface area (Å²) in [6.45, 7) is 1.41. The third-order valence-electron chi connectivity index (χ3n) is 4.39. The van der Waals surface area contributed by atoms with E-state index in [1.54, 1.807) is 0 Å². The summed E-state index contributed by atoms with van der Waals surface area (Å²) in [6.07, 6.45) is 3.93. The van der Waals surface area contributed by atoms with E-state index < -0.39 is 0 Å². The van der Waals surface area contributed by atoms with Crippen molar-refractivity contribution in [1.82, 2.24) is 10.2 Å². The highest BCUT2D eigenvalue weighted by atomic mass is 32.2. The quantitative estimate of drug-likeness (QED) is 0.697. The van der Waals surface area contributed by atoms with Gasteiger partial charge in [0.1, 0.15) is 11.2 Å². The van der Waals surface area contributed by atoms with Crippen LogP contribution in [0.2, 0.25) is 0 Å². The number of hydrogen-bond acceptors (Lipinski definition) is 4. The number of likely N-dealkylation sites (N-methyl/N-ethyl adjacent to an activating group) is 1. The fourth-order valence-electron chi connectivity index (χ4n) is 3.30. The predicted molar refractivity (Wildman–Crippen MR) is 68.0 cm³/mol. The Morgan fingerprint density at radius 2 is 2.12 bits per heavy atom. The summed E-state index contributed by atoms with van der Waals surface area (Å²) >= 11 is 1.96. The van der Waals surface area contributed by atoms with Crippen LogP contribution >= 0.6 is 11.8 Å². The zero-order chi connectivity index (χ0) is 11.9. The molecule has 2 spiro atoms. The summed E-state index contributed by atoms with van der Waals surface area (Å²) in [6, 6.07) is 0. The van der Waals surface area contributed by atoms with Gasteiger partial charge in [0.25, 0.3) is 0 Å². The van der Waals surface area contributed by atoms with Gasteiger partial charge in [-0.3, -0.25) is 10.1 Å². The van der Waals surface area contributed by atoms with Crippen molar-refractivity contribution in [3.63, 3.8) is 0 Å². The monoisotopic (exact) mass is 256 g/mol. The fraction of sp³-hybridized carbons (Fsp3) is 0.917. The molecule has 17 heavy (non-hydrogen) atoms. The first kappa shape index (κ1) is 11.8. The number of nitrogens with one attached hydrogen (secondary N) is 1. The maximum Gasteiger partial charge on any atom is 0.244 e. The van der Waals surface area contributed by atoms with Crippen LogP contribution in [0.25, 0.3) is 0 Å². The van der Waals surface area contributed by atoms with Gasteiger partial charge in [0, 0.05) is 26.0 Å². The molecule has 3 rings (SSSR count). The van der Waals surface area contributed by atoms with Crippen LogP contribution in [0.4, 0.5) is 0 Å². The van der Waals surface area contributed by atoms with Gasteiger partial charge >= 0.3 is 0 Å². The van der Waals surface area contributed by atoms with E-state index in [-0.39, 0.29) is 17.1 Å². The van der Waals surface area contributed by atoms with Gasteiger partial charge in [-0.2, -0.15) is 11.8 Å². The van der Waals surface area contributed by atoms with Crippen LogP contribution in [0, 0.1) is 0 Å². The minimum Gasteiger partial charge on any atom is -0.381 e. The van der Waals surface area contributed by atoms with Crippen molar-refractivity contribution in [1.29, 1.82) is 0 Å². The summed E-state index contributed by atoms with van der Waals surface area (Å²) in [5.74, 6) is 2.53. The first-order valence-corrected chi connectivity index (χ1v) is 7.57. The zero-order valence-electron chi connectivity index (χ0n) is 10.3. The maximum atomic E-state index is 12.6. The lowest BCUT2D eigenvalue weighted by Crippen LogP contribution is -2.58. The highest BCUT2D eigenvalue weighted by Gasteiger charge is 2.57. The van der Waals surface area contributed by atoms with Crippen LogP contribution in [-0.2, 0) is 9.53 Å². The molecule has 3 aliphatic heterocycles. The van der Waals surface area contributed by atoms with E-state index in [0.717, 1.165) is 25.0 Å². The third kappa shape index (κ3) is 1.71.